The van der Waals surface area contributed by atoms with Crippen molar-refractivity contribution in [3.8, 4) is 0 Å². The smallest absolute Gasteiger partial charge is 0.321 e. The van der Waals surface area contributed by atoms with Crippen LogP contribution in [-0.4, -0.2) is 17.7 Å². The Balaban J connectivity index is 2.64. The third-order valence-electron chi connectivity index (χ3n) is 1.72. The number of anilines is 1. The van der Waals surface area contributed by atoms with E-state index in [9.17, 15) is 4.79 Å². The second-order valence-electron chi connectivity index (χ2n) is 2.71. The first-order valence-electron chi connectivity index (χ1n) is 4.13. The minimum Gasteiger partial charge on any atom is -0.338 e. The molecule has 13 heavy (non-hydrogen) atoms. The number of amides is 2. The van der Waals surface area contributed by atoms with E-state index in [1.807, 2.05) is 20.8 Å². The van der Waals surface area contributed by atoms with Gasteiger partial charge in [-0.05, 0) is 20.8 Å². The number of hydrogen-bond acceptors (Lipinski definition) is 3. The summed E-state index contributed by atoms with van der Waals surface area (Å²) < 4.78 is 4.89. The summed E-state index contributed by atoms with van der Waals surface area (Å²) in [4.78, 5) is 11.1. The standard InChI is InChI=1S/C8H13N3O2/c1-4-9-8(12)10-7-5(2)6(3)11-13-7/h4H2,1-3H3,(H2,9,10,12). The van der Waals surface area contributed by atoms with Crippen molar-refractivity contribution in [2.24, 2.45) is 0 Å². The van der Waals surface area contributed by atoms with E-state index < -0.39 is 0 Å². The lowest BCUT2D eigenvalue weighted by Gasteiger charge is -2.01. The van der Waals surface area contributed by atoms with E-state index >= 15 is 0 Å². The summed E-state index contributed by atoms with van der Waals surface area (Å²) in [5, 5.41) is 8.86. The second kappa shape index (κ2) is 3.93. The minimum atomic E-state index is -0.276. The summed E-state index contributed by atoms with van der Waals surface area (Å²) in [5.41, 5.74) is 1.64. The summed E-state index contributed by atoms with van der Waals surface area (Å²) in [5.74, 6) is 0.406. The number of aromatic nitrogens is 1. The monoisotopic (exact) mass is 183 g/mol. The maximum Gasteiger partial charge on any atom is 0.321 e. The molecule has 0 aliphatic rings. The van der Waals surface area contributed by atoms with Crippen molar-refractivity contribution in [1.29, 1.82) is 0 Å². The Morgan fingerprint density at radius 1 is 1.54 bits per heavy atom. The van der Waals surface area contributed by atoms with Gasteiger partial charge in [0, 0.05) is 12.1 Å². The lowest BCUT2D eigenvalue weighted by atomic mass is 10.3. The number of nitrogens with zero attached hydrogens (tertiary/aromatic N) is 1. The maximum absolute atomic E-state index is 11.1. The van der Waals surface area contributed by atoms with Crippen LogP contribution in [-0.2, 0) is 0 Å². The van der Waals surface area contributed by atoms with Crippen molar-refractivity contribution < 1.29 is 9.32 Å². The highest BCUT2D eigenvalue weighted by Gasteiger charge is 2.10. The third kappa shape index (κ3) is 2.21. The van der Waals surface area contributed by atoms with Gasteiger partial charge in [-0.2, -0.15) is 0 Å². The molecule has 1 aromatic rings. The van der Waals surface area contributed by atoms with E-state index in [1.54, 1.807) is 0 Å². The molecule has 2 amide bonds. The molecular weight excluding hydrogens is 170 g/mol. The molecular formula is C8H13N3O2. The van der Waals surface area contributed by atoms with E-state index in [-0.39, 0.29) is 6.03 Å². The summed E-state index contributed by atoms with van der Waals surface area (Å²) in [7, 11) is 0. The van der Waals surface area contributed by atoms with Crippen LogP contribution in [0.5, 0.6) is 0 Å². The highest BCUT2D eigenvalue weighted by Crippen LogP contribution is 2.16. The largest absolute Gasteiger partial charge is 0.338 e. The molecule has 5 nitrogen and oxygen atoms in total. The number of nitrogens with one attached hydrogen (secondary N) is 2. The van der Waals surface area contributed by atoms with E-state index in [0.717, 1.165) is 11.3 Å². The Hall–Kier alpha value is -1.52. The lowest BCUT2D eigenvalue weighted by Crippen LogP contribution is -2.28. The molecule has 0 saturated heterocycles. The Kier molecular flexibility index (Phi) is 2.89. The van der Waals surface area contributed by atoms with Gasteiger partial charge < -0.3 is 9.84 Å². The molecule has 1 rings (SSSR count). The van der Waals surface area contributed by atoms with Crippen LogP contribution in [0.3, 0.4) is 0 Å². The van der Waals surface area contributed by atoms with Crippen molar-refractivity contribution in [3.05, 3.63) is 11.3 Å². The molecule has 0 aliphatic carbocycles. The molecule has 0 saturated carbocycles. The molecule has 0 radical (unpaired) electrons. The Bertz CT molecular complexity index is 306. The fourth-order valence-electron chi connectivity index (χ4n) is 0.840. The molecule has 5 heteroatoms. The molecule has 1 heterocycles. The number of carbonyl (C=O) groups is 1. The Labute approximate surface area is 76.5 Å². The number of rotatable bonds is 2. The molecule has 0 spiro atoms. The number of aryl methyl sites for hydroxylation is 1. The van der Waals surface area contributed by atoms with Crippen LogP contribution in [0.15, 0.2) is 4.52 Å². The summed E-state index contributed by atoms with van der Waals surface area (Å²) in [6, 6.07) is -0.276. The van der Waals surface area contributed by atoms with Crippen LogP contribution in [0.1, 0.15) is 18.2 Å². The van der Waals surface area contributed by atoms with Crippen molar-refractivity contribution in [2.45, 2.75) is 20.8 Å². The molecule has 0 atom stereocenters. The molecule has 0 fully saturated rings. The first kappa shape index (κ1) is 9.57. The van der Waals surface area contributed by atoms with E-state index in [1.165, 1.54) is 0 Å². The summed E-state index contributed by atoms with van der Waals surface area (Å²) in [6.07, 6.45) is 0. The average molecular weight is 183 g/mol. The normalized spacial score (nSPS) is 9.77. The molecule has 2 N–H and O–H groups in total. The zero-order valence-electron chi connectivity index (χ0n) is 7.97. The Morgan fingerprint density at radius 2 is 2.23 bits per heavy atom. The number of hydrogen-bond donors (Lipinski definition) is 2. The van der Waals surface area contributed by atoms with Crippen LogP contribution < -0.4 is 10.6 Å². The van der Waals surface area contributed by atoms with Crippen LogP contribution in [0, 0.1) is 13.8 Å². The summed E-state index contributed by atoms with van der Waals surface area (Å²) >= 11 is 0. The maximum atomic E-state index is 11.1. The average Bonchev–Trinajstić information content (AvgIpc) is 2.37. The first-order valence-corrected chi connectivity index (χ1v) is 4.13. The van der Waals surface area contributed by atoms with Gasteiger partial charge in [0.25, 0.3) is 0 Å². The van der Waals surface area contributed by atoms with Crippen molar-refractivity contribution >= 4 is 11.9 Å². The third-order valence-corrected chi connectivity index (χ3v) is 1.72. The van der Waals surface area contributed by atoms with Gasteiger partial charge in [-0.3, -0.25) is 5.32 Å². The van der Waals surface area contributed by atoms with Crippen LogP contribution in [0.2, 0.25) is 0 Å². The predicted molar refractivity (Wildman–Crippen MR) is 48.7 cm³/mol. The van der Waals surface area contributed by atoms with E-state index in [0.29, 0.717) is 12.4 Å². The minimum absolute atomic E-state index is 0.276. The van der Waals surface area contributed by atoms with Gasteiger partial charge in [0.2, 0.25) is 5.88 Å². The van der Waals surface area contributed by atoms with Gasteiger partial charge in [-0.1, -0.05) is 5.16 Å². The quantitative estimate of drug-likeness (QED) is 0.728. The predicted octanol–water partition coefficient (Wildman–Crippen LogP) is 1.43. The topological polar surface area (TPSA) is 67.2 Å². The van der Waals surface area contributed by atoms with Crippen LogP contribution >= 0.6 is 0 Å². The van der Waals surface area contributed by atoms with E-state index in [4.69, 9.17) is 4.52 Å². The molecule has 1 aromatic heterocycles. The van der Waals surface area contributed by atoms with Gasteiger partial charge in [-0.25, -0.2) is 4.79 Å². The number of carbonyl (C=O) groups excluding carboxylic acids is 1. The van der Waals surface area contributed by atoms with Crippen molar-refractivity contribution in [2.75, 3.05) is 11.9 Å². The van der Waals surface area contributed by atoms with Gasteiger partial charge in [-0.15, -0.1) is 0 Å². The number of urea groups is 1. The molecule has 0 aliphatic heterocycles. The molecule has 0 unspecified atom stereocenters. The van der Waals surface area contributed by atoms with Gasteiger partial charge in [0.1, 0.15) is 0 Å². The fraction of sp³-hybridized carbons (Fsp3) is 0.500. The molecule has 72 valence electrons. The summed E-state index contributed by atoms with van der Waals surface area (Å²) in [6.45, 7) is 6.09. The fourth-order valence-corrected chi connectivity index (χ4v) is 0.840. The van der Waals surface area contributed by atoms with Gasteiger partial charge in [0.05, 0.1) is 5.69 Å². The Morgan fingerprint density at radius 3 is 2.69 bits per heavy atom. The van der Waals surface area contributed by atoms with Crippen molar-refractivity contribution in [3.63, 3.8) is 0 Å². The van der Waals surface area contributed by atoms with Crippen molar-refractivity contribution in [1.82, 2.24) is 10.5 Å². The molecule has 0 bridgehead atoms. The van der Waals surface area contributed by atoms with Gasteiger partial charge >= 0.3 is 6.03 Å². The second-order valence-corrected chi connectivity index (χ2v) is 2.71. The zero-order valence-corrected chi connectivity index (χ0v) is 7.97. The van der Waals surface area contributed by atoms with Crippen LogP contribution in [0.25, 0.3) is 0 Å². The zero-order chi connectivity index (χ0) is 9.84. The van der Waals surface area contributed by atoms with Gasteiger partial charge in [0.15, 0.2) is 0 Å². The SMILES string of the molecule is CCNC(=O)Nc1onc(C)c1C. The molecule has 0 aromatic carbocycles. The first-order chi connectivity index (χ1) is 6.15. The highest BCUT2D eigenvalue weighted by molar-refractivity contribution is 5.88. The van der Waals surface area contributed by atoms with E-state index in [2.05, 4.69) is 15.8 Å². The van der Waals surface area contributed by atoms with Crippen LogP contribution in [0.4, 0.5) is 10.7 Å². The highest BCUT2D eigenvalue weighted by atomic mass is 16.5. The lowest BCUT2D eigenvalue weighted by molar-refractivity contribution is 0.251.